The number of hydrogen-bond acceptors (Lipinski definition) is 13. The first kappa shape index (κ1) is 19.9. The second-order valence-electron chi connectivity index (χ2n) is 7.53. The Morgan fingerprint density at radius 2 is 2.06 bits per heavy atom. The Hall–Kier alpha value is -4.57. The topological polar surface area (TPSA) is 160 Å². The fraction of sp³-hybridized carbons (Fsp3) is 0.105. The van der Waals surface area contributed by atoms with Crippen molar-refractivity contribution >= 4 is 40.6 Å². The van der Waals surface area contributed by atoms with Crippen molar-refractivity contribution in [3.63, 3.8) is 0 Å². The van der Waals surface area contributed by atoms with Gasteiger partial charge in [-0.25, -0.2) is 15.0 Å². The predicted molar refractivity (Wildman–Crippen MR) is 125 cm³/mol. The molecule has 174 valence electrons. The molecule has 1 aliphatic heterocycles. The van der Waals surface area contributed by atoms with Gasteiger partial charge in [0.25, 0.3) is 0 Å². The monoisotopic (exact) mass is 505 g/mol. The van der Waals surface area contributed by atoms with E-state index in [1.165, 1.54) is 29.3 Å². The molecule has 1 fully saturated rings. The lowest BCUT2D eigenvalue weighted by Gasteiger charge is -2.39. The zero-order chi connectivity index (χ0) is 23.2. The van der Waals surface area contributed by atoms with Crippen molar-refractivity contribution in [3.8, 4) is 0 Å². The van der Waals surface area contributed by atoms with Gasteiger partial charge in [-0.05, 0) is 41.3 Å². The van der Waals surface area contributed by atoms with Gasteiger partial charge < -0.3 is 14.5 Å². The molecule has 2 unspecified atom stereocenters. The fourth-order valence-corrected chi connectivity index (χ4v) is 5.59. The smallest absolute Gasteiger partial charge is 0.224 e. The van der Waals surface area contributed by atoms with E-state index in [2.05, 4.69) is 45.1 Å². The largest absolute Gasteiger partial charge is 0.363 e. The molecule has 14 nitrogen and oxygen atoms in total. The highest BCUT2D eigenvalue weighted by Gasteiger charge is 2.65. The maximum atomic E-state index is 5.24. The number of hydrogen-bond donors (Lipinski definition) is 3. The molecule has 1 aliphatic rings. The van der Waals surface area contributed by atoms with Gasteiger partial charge in [0, 0.05) is 40.7 Å². The average Bonchev–Trinajstić information content (AvgIpc) is 3.71. The van der Waals surface area contributed by atoms with E-state index in [1.54, 1.807) is 18.6 Å². The summed E-state index contributed by atoms with van der Waals surface area (Å²) < 4.78 is 14.2. The molecule has 6 aromatic rings. The van der Waals surface area contributed by atoms with Crippen molar-refractivity contribution in [1.82, 2.24) is 49.5 Å². The molecule has 16 heteroatoms. The molecule has 6 aromatic heterocycles. The first-order valence-corrected chi connectivity index (χ1v) is 12.0. The summed E-state index contributed by atoms with van der Waals surface area (Å²) in [7, 11) is 0. The summed E-state index contributed by atoms with van der Waals surface area (Å²) in [6.45, 7) is 0. The van der Waals surface area contributed by atoms with Crippen LogP contribution in [0.5, 0.6) is 0 Å². The molecule has 0 aliphatic carbocycles. The van der Waals surface area contributed by atoms with Gasteiger partial charge in [0.05, 0.1) is 11.9 Å². The maximum absolute atomic E-state index is 5.24. The minimum atomic E-state index is -1.05. The summed E-state index contributed by atoms with van der Waals surface area (Å²) in [5, 5.41) is 29.7. The Labute approximate surface area is 204 Å². The van der Waals surface area contributed by atoms with Crippen molar-refractivity contribution in [1.29, 1.82) is 0 Å². The van der Waals surface area contributed by atoms with Crippen LogP contribution in [0.1, 0.15) is 23.1 Å². The van der Waals surface area contributed by atoms with Crippen LogP contribution >= 0.6 is 23.1 Å². The van der Waals surface area contributed by atoms with E-state index in [1.807, 2.05) is 56.4 Å². The van der Waals surface area contributed by atoms with Crippen LogP contribution in [0.15, 0.2) is 70.6 Å². The van der Waals surface area contributed by atoms with Gasteiger partial charge in [0.15, 0.2) is 17.2 Å². The third-order valence-electron chi connectivity index (χ3n) is 5.83. The summed E-state index contributed by atoms with van der Waals surface area (Å²) in [6, 6.07) is 7.14. The average molecular weight is 506 g/mol. The van der Waals surface area contributed by atoms with Crippen LogP contribution in [0.25, 0.3) is 0 Å². The van der Waals surface area contributed by atoms with Gasteiger partial charge >= 0.3 is 0 Å². The Bertz CT molecular complexity index is 1350. The van der Waals surface area contributed by atoms with E-state index < -0.39 is 11.6 Å². The number of anilines is 3. The van der Waals surface area contributed by atoms with Crippen LogP contribution in [0, 0.1) is 0 Å². The second-order valence-corrected chi connectivity index (χ2v) is 8.81. The summed E-state index contributed by atoms with van der Waals surface area (Å²) >= 11 is 2.60. The number of imidazole rings is 1. The molecule has 0 radical (unpaired) electrons. The van der Waals surface area contributed by atoms with Crippen molar-refractivity contribution in [3.05, 3.63) is 83.2 Å². The van der Waals surface area contributed by atoms with E-state index in [-0.39, 0.29) is 0 Å². The van der Waals surface area contributed by atoms with Gasteiger partial charge in [-0.1, -0.05) is 4.49 Å². The predicted octanol–water partition coefficient (Wildman–Crippen LogP) is 2.50. The molecule has 1 saturated heterocycles. The van der Waals surface area contributed by atoms with Crippen LogP contribution in [0.4, 0.5) is 17.6 Å². The maximum Gasteiger partial charge on any atom is 0.224 e. The van der Waals surface area contributed by atoms with Crippen LogP contribution in [0.2, 0.25) is 0 Å². The van der Waals surface area contributed by atoms with Crippen LogP contribution < -0.4 is 15.1 Å². The van der Waals surface area contributed by atoms with Gasteiger partial charge in [0.1, 0.15) is 23.7 Å². The first-order valence-electron chi connectivity index (χ1n) is 10.4. The van der Waals surface area contributed by atoms with Crippen molar-refractivity contribution in [2.24, 2.45) is 0 Å². The molecule has 0 bridgehead atoms. The third kappa shape index (κ3) is 2.77. The number of aromatic amines is 3. The molecule has 7 rings (SSSR count). The zero-order valence-electron chi connectivity index (χ0n) is 17.6. The molecule has 7 heterocycles. The third-order valence-corrected chi connectivity index (χ3v) is 6.88. The Morgan fingerprint density at radius 1 is 1.06 bits per heavy atom. The normalized spacial score (nSPS) is 20.2. The number of rotatable bonds is 6. The number of nitrogens with one attached hydrogen (secondary N) is 3. The second kappa shape index (κ2) is 7.74. The van der Waals surface area contributed by atoms with Crippen LogP contribution in [-0.2, 0) is 5.54 Å². The molecule has 35 heavy (non-hydrogen) atoms. The van der Waals surface area contributed by atoms with Crippen LogP contribution in [0.3, 0.4) is 0 Å². The minimum Gasteiger partial charge on any atom is -0.363 e. The Kier molecular flexibility index (Phi) is 4.39. The van der Waals surface area contributed by atoms with E-state index >= 15 is 0 Å². The SMILES string of the molecule is c1c[nH]c(C2(c3csnn3)C(c3conn3)N(c3ncc[nH]3)N(c3ccn[nH]3)N2c2ccsn2)c1. The lowest BCUT2D eigenvalue weighted by Crippen LogP contribution is -2.52. The molecule has 0 amide bonds. The molecule has 3 N–H and O–H groups in total. The van der Waals surface area contributed by atoms with Gasteiger partial charge in [-0.15, -0.1) is 10.2 Å². The Morgan fingerprint density at radius 3 is 2.71 bits per heavy atom. The van der Waals surface area contributed by atoms with E-state index in [9.17, 15) is 0 Å². The highest BCUT2D eigenvalue weighted by molar-refractivity contribution is 7.03. The molecule has 0 saturated carbocycles. The van der Waals surface area contributed by atoms with Gasteiger partial charge in [0.2, 0.25) is 5.95 Å². The quantitative estimate of drug-likeness (QED) is 0.305. The fourth-order valence-electron chi connectivity index (χ4n) is 4.60. The van der Waals surface area contributed by atoms with Crippen molar-refractivity contribution < 1.29 is 4.52 Å². The molecule has 0 spiro atoms. The summed E-state index contributed by atoms with van der Waals surface area (Å²) in [5.41, 5.74) is 0.988. The standard InChI is InChI=1S/C19H15N13OS2/c1-2-13(20-5-1)19(14-11-35-29-25-14)17(12-10-33-28-24-12)30(18-21-7-8-22-18)32(15-3-6-23-26-15)31(19)16-4-9-34-27-16/h1-11,17,20H,(H,21,22)(H,23,26). The van der Waals surface area contributed by atoms with Crippen molar-refractivity contribution in [2.45, 2.75) is 11.6 Å². The molecular weight excluding hydrogens is 490 g/mol. The molecule has 2 atom stereocenters. The molecule has 0 aromatic carbocycles. The Balaban J connectivity index is 1.63. The summed E-state index contributed by atoms with van der Waals surface area (Å²) in [6.07, 6.45) is 8.51. The number of nitrogens with zero attached hydrogens (tertiary/aromatic N) is 10. The van der Waals surface area contributed by atoms with E-state index in [4.69, 9.17) is 8.90 Å². The zero-order valence-corrected chi connectivity index (χ0v) is 19.3. The first-order chi connectivity index (χ1) is 17.4. The van der Waals surface area contributed by atoms with Gasteiger partial charge in [-0.3, -0.25) is 5.10 Å². The van der Waals surface area contributed by atoms with Crippen molar-refractivity contribution in [2.75, 3.05) is 15.1 Å². The highest BCUT2D eigenvalue weighted by Crippen LogP contribution is 2.56. The number of H-pyrrole nitrogens is 3. The minimum absolute atomic E-state index is 0.546. The van der Waals surface area contributed by atoms with E-state index in [0.29, 0.717) is 29.0 Å². The highest BCUT2D eigenvalue weighted by atomic mass is 32.1. The molecular formula is C19H15N13OS2. The lowest BCUT2D eigenvalue weighted by molar-refractivity contribution is 0.392. The van der Waals surface area contributed by atoms with E-state index in [0.717, 1.165) is 5.69 Å². The summed E-state index contributed by atoms with van der Waals surface area (Å²) in [4.78, 5) is 11.2. The van der Waals surface area contributed by atoms with Crippen LogP contribution in [-0.4, -0.2) is 49.5 Å². The number of hydrazine groups is 2. The van der Waals surface area contributed by atoms with Gasteiger partial charge in [-0.2, -0.15) is 14.6 Å². The number of aromatic nitrogens is 10. The lowest BCUT2D eigenvalue weighted by atomic mass is 9.81. The summed E-state index contributed by atoms with van der Waals surface area (Å²) in [5.74, 6) is 1.87.